The van der Waals surface area contributed by atoms with Crippen LogP contribution in [0.4, 0.5) is 0 Å². The van der Waals surface area contributed by atoms with Crippen molar-refractivity contribution in [3.05, 3.63) is 48.0 Å². The second-order valence-electron chi connectivity index (χ2n) is 6.89. The van der Waals surface area contributed by atoms with Gasteiger partial charge in [-0.15, -0.1) is 0 Å². The molecule has 1 aliphatic rings. The van der Waals surface area contributed by atoms with Gasteiger partial charge in [-0.1, -0.05) is 42.5 Å². The maximum Gasteiger partial charge on any atom is 0.0593 e. The molecular formula is C20H28N2O. The van der Waals surface area contributed by atoms with E-state index < -0.39 is 0 Å². The zero-order chi connectivity index (χ0) is 16.1. The van der Waals surface area contributed by atoms with E-state index in [9.17, 15) is 0 Å². The number of hydrogen-bond acceptors (Lipinski definition) is 3. The Bertz CT molecular complexity index is 621. The van der Waals surface area contributed by atoms with E-state index in [1.54, 1.807) is 0 Å². The minimum absolute atomic E-state index is 0.611. The summed E-state index contributed by atoms with van der Waals surface area (Å²) in [4.78, 5) is 4.84. The van der Waals surface area contributed by atoms with Crippen LogP contribution in [0.15, 0.2) is 42.5 Å². The van der Waals surface area contributed by atoms with E-state index in [1.807, 2.05) is 0 Å². The Kier molecular flexibility index (Phi) is 5.65. The molecule has 1 unspecified atom stereocenters. The SMILES string of the molecule is CN(C)CC1COCCN(CCc2cccc3ccccc23)C1. The van der Waals surface area contributed by atoms with Crippen molar-refractivity contribution in [2.75, 3.05) is 53.5 Å². The Morgan fingerprint density at radius 2 is 1.96 bits per heavy atom. The Morgan fingerprint density at radius 1 is 1.13 bits per heavy atom. The first-order chi connectivity index (χ1) is 11.2. The third-order valence-corrected chi connectivity index (χ3v) is 4.62. The van der Waals surface area contributed by atoms with E-state index in [4.69, 9.17) is 4.74 Å². The van der Waals surface area contributed by atoms with Gasteiger partial charge in [0.25, 0.3) is 0 Å². The van der Waals surface area contributed by atoms with Gasteiger partial charge in [0.1, 0.15) is 0 Å². The quantitative estimate of drug-likeness (QED) is 0.844. The second-order valence-corrected chi connectivity index (χ2v) is 6.89. The van der Waals surface area contributed by atoms with Crippen molar-refractivity contribution >= 4 is 10.8 Å². The molecule has 1 saturated heterocycles. The lowest BCUT2D eigenvalue weighted by molar-refractivity contribution is 0.112. The summed E-state index contributed by atoms with van der Waals surface area (Å²) < 4.78 is 5.79. The molecule has 1 atom stereocenters. The molecule has 0 aromatic heterocycles. The molecule has 0 N–H and O–H groups in total. The second kappa shape index (κ2) is 7.91. The summed E-state index contributed by atoms with van der Waals surface area (Å²) >= 11 is 0. The summed E-state index contributed by atoms with van der Waals surface area (Å²) in [7, 11) is 4.29. The van der Waals surface area contributed by atoms with Gasteiger partial charge in [-0.2, -0.15) is 0 Å². The molecule has 0 radical (unpaired) electrons. The molecule has 1 fully saturated rings. The molecule has 2 aromatic carbocycles. The number of benzene rings is 2. The van der Waals surface area contributed by atoms with Crippen LogP contribution in [-0.4, -0.2) is 63.3 Å². The predicted octanol–water partition coefficient (Wildman–Crippen LogP) is 2.89. The lowest BCUT2D eigenvalue weighted by Gasteiger charge is -2.25. The highest BCUT2D eigenvalue weighted by molar-refractivity contribution is 5.85. The van der Waals surface area contributed by atoms with Crippen LogP contribution in [-0.2, 0) is 11.2 Å². The maximum atomic E-state index is 5.79. The zero-order valence-corrected chi connectivity index (χ0v) is 14.4. The van der Waals surface area contributed by atoms with E-state index in [-0.39, 0.29) is 0 Å². The molecule has 2 aromatic rings. The lowest BCUT2D eigenvalue weighted by Crippen LogP contribution is -2.35. The first-order valence-electron chi connectivity index (χ1n) is 8.64. The fraction of sp³-hybridized carbons (Fsp3) is 0.500. The van der Waals surface area contributed by atoms with Gasteiger partial charge < -0.3 is 14.5 Å². The monoisotopic (exact) mass is 312 g/mol. The van der Waals surface area contributed by atoms with Gasteiger partial charge in [0.15, 0.2) is 0 Å². The highest BCUT2D eigenvalue weighted by Crippen LogP contribution is 2.19. The number of hydrogen-bond donors (Lipinski definition) is 0. The highest BCUT2D eigenvalue weighted by Gasteiger charge is 2.19. The first kappa shape index (κ1) is 16.4. The third kappa shape index (κ3) is 4.54. The Balaban J connectivity index is 1.64. The first-order valence-corrected chi connectivity index (χ1v) is 8.64. The third-order valence-electron chi connectivity index (χ3n) is 4.62. The average Bonchev–Trinajstić information content (AvgIpc) is 2.77. The number of ether oxygens (including phenoxy) is 1. The van der Waals surface area contributed by atoms with Gasteiger partial charge in [-0.3, -0.25) is 0 Å². The normalized spacial score (nSPS) is 20.0. The standard InChI is InChI=1S/C20H28N2O/c1-21(2)14-17-15-22(12-13-23-16-17)11-10-19-8-5-7-18-6-3-4-9-20(18)19/h3-9,17H,10-16H2,1-2H3. The molecule has 124 valence electrons. The van der Waals surface area contributed by atoms with Crippen LogP contribution < -0.4 is 0 Å². The largest absolute Gasteiger partial charge is 0.380 e. The van der Waals surface area contributed by atoms with E-state index in [0.29, 0.717) is 5.92 Å². The van der Waals surface area contributed by atoms with E-state index >= 15 is 0 Å². The summed E-state index contributed by atoms with van der Waals surface area (Å²) in [5.41, 5.74) is 1.46. The molecule has 1 heterocycles. The number of nitrogens with zero attached hydrogens (tertiary/aromatic N) is 2. The molecule has 3 nitrogen and oxygen atoms in total. The van der Waals surface area contributed by atoms with Crippen LogP contribution in [0, 0.1) is 5.92 Å². The summed E-state index contributed by atoms with van der Waals surface area (Å²) in [5, 5.41) is 2.74. The maximum absolute atomic E-state index is 5.79. The molecule has 0 amide bonds. The predicted molar refractivity (Wildman–Crippen MR) is 97.0 cm³/mol. The summed E-state index contributed by atoms with van der Waals surface area (Å²) in [6, 6.07) is 15.3. The minimum atomic E-state index is 0.611. The molecule has 3 rings (SSSR count). The molecule has 0 spiro atoms. The molecule has 3 heteroatoms. The number of rotatable bonds is 5. The Hall–Kier alpha value is -1.42. The van der Waals surface area contributed by atoms with Gasteiger partial charge in [0.2, 0.25) is 0 Å². The number of fused-ring (bicyclic) bond motifs is 1. The van der Waals surface area contributed by atoms with Crippen molar-refractivity contribution in [2.45, 2.75) is 6.42 Å². The summed E-state index contributed by atoms with van der Waals surface area (Å²) in [6.07, 6.45) is 1.11. The Labute approximate surface area is 139 Å². The van der Waals surface area contributed by atoms with Gasteiger partial charge in [0, 0.05) is 32.1 Å². The van der Waals surface area contributed by atoms with Crippen molar-refractivity contribution in [3.63, 3.8) is 0 Å². The van der Waals surface area contributed by atoms with Gasteiger partial charge in [-0.05, 0) is 36.9 Å². The summed E-state index contributed by atoms with van der Waals surface area (Å²) in [5.74, 6) is 0.611. The van der Waals surface area contributed by atoms with Crippen LogP contribution in [0.5, 0.6) is 0 Å². The van der Waals surface area contributed by atoms with Crippen molar-refractivity contribution in [3.8, 4) is 0 Å². The van der Waals surface area contributed by atoms with Crippen LogP contribution >= 0.6 is 0 Å². The van der Waals surface area contributed by atoms with Crippen LogP contribution in [0.1, 0.15) is 5.56 Å². The molecule has 0 aliphatic carbocycles. The van der Waals surface area contributed by atoms with E-state index in [0.717, 1.165) is 45.8 Å². The molecule has 1 aliphatic heterocycles. The Morgan fingerprint density at radius 3 is 2.83 bits per heavy atom. The fourth-order valence-electron chi connectivity index (χ4n) is 3.57. The zero-order valence-electron chi connectivity index (χ0n) is 14.4. The minimum Gasteiger partial charge on any atom is -0.380 e. The van der Waals surface area contributed by atoms with Crippen molar-refractivity contribution in [1.82, 2.24) is 9.80 Å². The van der Waals surface area contributed by atoms with Crippen molar-refractivity contribution < 1.29 is 4.74 Å². The van der Waals surface area contributed by atoms with Crippen LogP contribution in [0.2, 0.25) is 0 Å². The smallest absolute Gasteiger partial charge is 0.0593 e. The topological polar surface area (TPSA) is 15.7 Å². The fourth-order valence-corrected chi connectivity index (χ4v) is 3.57. The molecule has 0 bridgehead atoms. The molecule has 0 saturated carbocycles. The van der Waals surface area contributed by atoms with Crippen molar-refractivity contribution in [1.29, 1.82) is 0 Å². The van der Waals surface area contributed by atoms with Gasteiger partial charge in [0.05, 0.1) is 13.2 Å². The van der Waals surface area contributed by atoms with Crippen LogP contribution in [0.3, 0.4) is 0 Å². The molecular weight excluding hydrogens is 284 g/mol. The lowest BCUT2D eigenvalue weighted by atomic mass is 10.0. The average molecular weight is 312 g/mol. The van der Waals surface area contributed by atoms with Gasteiger partial charge >= 0.3 is 0 Å². The summed E-state index contributed by atoms with van der Waals surface area (Å²) in [6.45, 7) is 6.16. The van der Waals surface area contributed by atoms with Crippen molar-refractivity contribution in [2.24, 2.45) is 5.92 Å². The van der Waals surface area contributed by atoms with E-state index in [1.165, 1.54) is 16.3 Å². The van der Waals surface area contributed by atoms with Crippen LogP contribution in [0.25, 0.3) is 10.8 Å². The molecule has 23 heavy (non-hydrogen) atoms. The highest BCUT2D eigenvalue weighted by atomic mass is 16.5. The van der Waals surface area contributed by atoms with Gasteiger partial charge in [-0.25, -0.2) is 0 Å². The van der Waals surface area contributed by atoms with E-state index in [2.05, 4.69) is 66.4 Å².